The molecule has 0 bridgehead atoms. The molecule has 0 unspecified atom stereocenters. The van der Waals surface area contributed by atoms with Gasteiger partial charge in [0.1, 0.15) is 0 Å². The molecule has 0 rings (SSSR count). The Labute approximate surface area is 58.1 Å². The van der Waals surface area contributed by atoms with Gasteiger partial charge in [-0.1, -0.05) is 13.8 Å². The molecule has 0 aliphatic heterocycles. The summed E-state index contributed by atoms with van der Waals surface area (Å²) in [6.07, 6.45) is 0. The maximum absolute atomic E-state index is 8.71. The molecule has 42 valence electrons. The normalized spacial score (nSPS) is 9.86. The van der Waals surface area contributed by atoms with E-state index < -0.39 is 7.12 Å². The van der Waals surface area contributed by atoms with Gasteiger partial charge in [-0.25, -0.2) is 0 Å². The van der Waals surface area contributed by atoms with Crippen molar-refractivity contribution in [2.75, 3.05) is 0 Å². The van der Waals surface area contributed by atoms with E-state index in [0.717, 1.165) is 0 Å². The molecule has 0 aliphatic carbocycles. The summed E-state index contributed by atoms with van der Waals surface area (Å²) in [6.45, 7) is 3.78. The molecule has 0 radical (unpaired) electrons. The third-order valence-corrected chi connectivity index (χ3v) is 1.18. The van der Waals surface area contributed by atoms with E-state index in [4.69, 9.17) is 5.02 Å². The average molecular weight is 214 g/mol. The van der Waals surface area contributed by atoms with Gasteiger partial charge < -0.3 is 8.01 Å². The minimum atomic E-state index is -0.611. The van der Waals surface area contributed by atoms with Gasteiger partial charge in [0.05, 0.1) is 23.0 Å². The smallest absolute Gasteiger partial charge is 0.426 e. The lowest BCUT2D eigenvalue weighted by Gasteiger charge is -2.02. The molecule has 0 aromatic carbocycles. The van der Waals surface area contributed by atoms with E-state index in [2.05, 4.69) is 2.98 Å². The van der Waals surface area contributed by atoms with Gasteiger partial charge in [0.25, 0.3) is 0 Å². The van der Waals surface area contributed by atoms with Crippen LogP contribution in [0.15, 0.2) is 0 Å². The zero-order chi connectivity index (χ0) is 5.86. The molecule has 0 aromatic rings. The van der Waals surface area contributed by atoms with Crippen molar-refractivity contribution >= 4 is 30.1 Å². The van der Waals surface area contributed by atoms with Crippen molar-refractivity contribution in [2.45, 2.75) is 19.7 Å². The van der Waals surface area contributed by atoms with Crippen molar-refractivity contribution in [3.8, 4) is 0 Å². The average Bonchev–Trinajstić information content (AvgIpc) is 1.65. The highest BCUT2D eigenvalue weighted by molar-refractivity contribution is 14.1. The molecule has 0 fully saturated rings. The lowest BCUT2D eigenvalue weighted by molar-refractivity contribution is 0.456. The first kappa shape index (κ1) is 7.71. The lowest BCUT2D eigenvalue weighted by Crippen LogP contribution is -2.15. The van der Waals surface area contributed by atoms with Gasteiger partial charge in [-0.15, -0.1) is 0 Å². The van der Waals surface area contributed by atoms with Crippen LogP contribution in [0.3, 0.4) is 0 Å². The summed E-state index contributed by atoms with van der Waals surface area (Å²) in [7, 11) is -0.611. The van der Waals surface area contributed by atoms with Crippen molar-refractivity contribution in [3.05, 3.63) is 0 Å². The fourth-order valence-corrected chi connectivity index (χ4v) is 0.690. The molecule has 0 spiro atoms. The van der Waals surface area contributed by atoms with Gasteiger partial charge in [0, 0.05) is 0 Å². The van der Waals surface area contributed by atoms with Crippen LogP contribution in [-0.2, 0) is 2.98 Å². The van der Waals surface area contributed by atoms with Gasteiger partial charge in [-0.3, -0.25) is 0 Å². The molecule has 7 heavy (non-hydrogen) atoms. The van der Waals surface area contributed by atoms with E-state index in [0.29, 0.717) is 0 Å². The van der Waals surface area contributed by atoms with E-state index in [9.17, 15) is 0 Å². The summed E-state index contributed by atoms with van der Waals surface area (Å²) in [5, 5.41) is 8.71. The van der Waals surface area contributed by atoms with Gasteiger partial charge in [0.2, 0.25) is 0 Å². The molecule has 0 amide bonds. The largest absolute Gasteiger partial charge is 0.466 e. The number of halogens is 1. The second-order valence-corrected chi connectivity index (χ2v) is 2.23. The summed E-state index contributed by atoms with van der Waals surface area (Å²) in [5.41, 5.74) is 0. The minimum Gasteiger partial charge on any atom is -0.426 e. The molecule has 2 nitrogen and oxygen atoms in total. The van der Waals surface area contributed by atoms with Crippen molar-refractivity contribution in [3.63, 3.8) is 0 Å². The Kier molecular flexibility index (Phi) is 4.06. The monoisotopic (exact) mass is 214 g/mol. The third-order valence-electron chi connectivity index (χ3n) is 0.662. The standard InChI is InChI=1S/C3H8BIO2/c1-3(2)4(6)7-5/h3,6H,1-2H3. The molecule has 0 heterocycles. The molecule has 0 atom stereocenters. The van der Waals surface area contributed by atoms with Crippen molar-refractivity contribution in [2.24, 2.45) is 0 Å². The van der Waals surface area contributed by atoms with E-state index in [1.165, 1.54) is 0 Å². The van der Waals surface area contributed by atoms with Crippen LogP contribution in [0.2, 0.25) is 5.82 Å². The number of hydrogen-bond donors (Lipinski definition) is 1. The Balaban J connectivity index is 3.14. The van der Waals surface area contributed by atoms with Gasteiger partial charge >= 0.3 is 7.12 Å². The highest BCUT2D eigenvalue weighted by Gasteiger charge is 2.15. The van der Waals surface area contributed by atoms with Crippen LogP contribution in [0.25, 0.3) is 0 Å². The van der Waals surface area contributed by atoms with Crippen LogP contribution in [0, 0.1) is 0 Å². The summed E-state index contributed by atoms with van der Waals surface area (Å²) in [4.78, 5) is 0. The van der Waals surface area contributed by atoms with E-state index >= 15 is 0 Å². The summed E-state index contributed by atoms with van der Waals surface area (Å²) >= 11 is 1.68. The van der Waals surface area contributed by atoms with Crippen LogP contribution in [0.5, 0.6) is 0 Å². The Morgan fingerprint density at radius 2 is 2.14 bits per heavy atom. The minimum absolute atomic E-state index is 0.192. The molecule has 0 aliphatic rings. The van der Waals surface area contributed by atoms with Crippen molar-refractivity contribution < 1.29 is 8.01 Å². The molecule has 0 saturated heterocycles. The summed E-state index contributed by atoms with van der Waals surface area (Å²) in [6, 6.07) is 0. The molecular formula is C3H8BIO2. The zero-order valence-corrected chi connectivity index (χ0v) is 6.55. The molecule has 0 saturated carbocycles. The highest BCUT2D eigenvalue weighted by atomic mass is 127. The molecular weight excluding hydrogens is 206 g/mol. The second-order valence-electron chi connectivity index (χ2n) is 1.72. The second kappa shape index (κ2) is 3.68. The maximum Gasteiger partial charge on any atom is 0.466 e. The topological polar surface area (TPSA) is 29.5 Å². The summed E-state index contributed by atoms with van der Waals surface area (Å²) < 4.78 is 4.54. The van der Waals surface area contributed by atoms with Gasteiger partial charge in [-0.2, -0.15) is 0 Å². The molecule has 1 N–H and O–H groups in total. The van der Waals surface area contributed by atoms with E-state index in [1.807, 2.05) is 13.8 Å². The Bertz CT molecular complexity index is 50.2. The quantitative estimate of drug-likeness (QED) is 0.553. The highest BCUT2D eigenvalue weighted by Crippen LogP contribution is 2.07. The lowest BCUT2D eigenvalue weighted by atomic mass is 9.76. The predicted molar refractivity (Wildman–Crippen MR) is 38.2 cm³/mol. The Morgan fingerprint density at radius 1 is 1.71 bits per heavy atom. The van der Waals surface area contributed by atoms with Crippen molar-refractivity contribution in [1.29, 1.82) is 0 Å². The maximum atomic E-state index is 8.71. The van der Waals surface area contributed by atoms with Crippen LogP contribution >= 0.6 is 23.0 Å². The number of rotatable bonds is 2. The Hall–Kier alpha value is 0.715. The summed E-state index contributed by atoms with van der Waals surface area (Å²) in [5.74, 6) is 0.192. The molecule has 0 aromatic heterocycles. The fraction of sp³-hybridized carbons (Fsp3) is 1.00. The van der Waals surface area contributed by atoms with Crippen LogP contribution in [0.4, 0.5) is 0 Å². The first-order valence-electron chi connectivity index (χ1n) is 2.14. The zero-order valence-electron chi connectivity index (χ0n) is 4.39. The van der Waals surface area contributed by atoms with Gasteiger partial charge in [-0.05, 0) is 5.82 Å². The predicted octanol–water partition coefficient (Wildman–Crippen LogP) is 1.24. The SMILES string of the molecule is CC(C)B(O)OI. The molecule has 4 heteroatoms. The number of hydrogen-bond acceptors (Lipinski definition) is 2. The van der Waals surface area contributed by atoms with Crippen LogP contribution < -0.4 is 0 Å². The van der Waals surface area contributed by atoms with Crippen LogP contribution in [-0.4, -0.2) is 12.1 Å². The van der Waals surface area contributed by atoms with E-state index in [-0.39, 0.29) is 5.82 Å². The first-order chi connectivity index (χ1) is 3.18. The van der Waals surface area contributed by atoms with Crippen LogP contribution in [0.1, 0.15) is 13.8 Å². The third kappa shape index (κ3) is 3.31. The first-order valence-corrected chi connectivity index (χ1v) is 3.02. The van der Waals surface area contributed by atoms with Gasteiger partial charge in [0.15, 0.2) is 0 Å². The fourth-order valence-electron chi connectivity index (χ4n) is 0.103. The van der Waals surface area contributed by atoms with Crippen molar-refractivity contribution in [1.82, 2.24) is 0 Å². The van der Waals surface area contributed by atoms with E-state index in [1.54, 1.807) is 23.0 Å². The Morgan fingerprint density at radius 3 is 2.14 bits per heavy atom.